The van der Waals surface area contributed by atoms with E-state index < -0.39 is 0 Å². The molecule has 1 atom stereocenters. The first-order valence-corrected chi connectivity index (χ1v) is 10.4. The van der Waals surface area contributed by atoms with Crippen molar-refractivity contribution in [2.45, 2.75) is 12.5 Å². The molecule has 6 heteroatoms. The van der Waals surface area contributed by atoms with Gasteiger partial charge in [-0.25, -0.2) is 0 Å². The summed E-state index contributed by atoms with van der Waals surface area (Å²) >= 11 is 5.50. The summed E-state index contributed by atoms with van der Waals surface area (Å²) < 4.78 is 5.36. The van der Waals surface area contributed by atoms with Gasteiger partial charge in [0.2, 0.25) is 0 Å². The van der Waals surface area contributed by atoms with Crippen molar-refractivity contribution in [3.05, 3.63) is 90.0 Å². The van der Waals surface area contributed by atoms with Gasteiger partial charge in [0, 0.05) is 49.3 Å². The Bertz CT molecular complexity index is 1100. The van der Waals surface area contributed by atoms with Crippen LogP contribution in [0.3, 0.4) is 0 Å². The van der Waals surface area contributed by atoms with E-state index in [9.17, 15) is 0 Å². The highest BCUT2D eigenvalue weighted by atomic mass is 32.1. The van der Waals surface area contributed by atoms with Crippen molar-refractivity contribution in [3.8, 4) is 0 Å². The fourth-order valence-electron chi connectivity index (χ4n) is 3.63. The number of thiocarbonyl (C=S) groups is 1. The van der Waals surface area contributed by atoms with Crippen molar-refractivity contribution in [1.29, 1.82) is 0 Å². The number of H-pyrrole nitrogens is 1. The van der Waals surface area contributed by atoms with Gasteiger partial charge in [0.15, 0.2) is 5.11 Å². The van der Waals surface area contributed by atoms with Crippen molar-refractivity contribution in [1.82, 2.24) is 15.6 Å². The molecule has 0 bridgehead atoms. The van der Waals surface area contributed by atoms with E-state index >= 15 is 0 Å². The first-order chi connectivity index (χ1) is 14.6. The highest BCUT2D eigenvalue weighted by Crippen LogP contribution is 2.31. The molecule has 0 fully saturated rings. The van der Waals surface area contributed by atoms with Crippen LogP contribution in [0.5, 0.6) is 0 Å². The zero-order chi connectivity index (χ0) is 20.9. The summed E-state index contributed by atoms with van der Waals surface area (Å²) in [5.74, 6) is 1.01. The lowest BCUT2D eigenvalue weighted by atomic mass is 9.90. The molecule has 0 saturated heterocycles. The SMILES string of the molecule is CN(C)c1ccc(C(CNC(=S)NCc2ccco2)c2c[nH]c3ccccc23)cc1. The molecule has 5 nitrogen and oxygen atoms in total. The predicted molar refractivity (Wildman–Crippen MR) is 127 cm³/mol. The molecule has 1 unspecified atom stereocenters. The number of aromatic nitrogens is 1. The minimum atomic E-state index is 0.153. The lowest BCUT2D eigenvalue weighted by Crippen LogP contribution is -2.37. The van der Waals surface area contributed by atoms with Gasteiger partial charge in [-0.05, 0) is 53.7 Å². The molecule has 0 aliphatic heterocycles. The highest BCUT2D eigenvalue weighted by Gasteiger charge is 2.19. The summed E-state index contributed by atoms with van der Waals surface area (Å²) in [6, 6.07) is 20.9. The third kappa shape index (κ3) is 4.49. The Balaban J connectivity index is 1.55. The fourth-order valence-corrected chi connectivity index (χ4v) is 3.79. The summed E-state index contributed by atoms with van der Waals surface area (Å²) in [5, 5.41) is 8.44. The number of anilines is 1. The molecular formula is C24H26N4OS. The molecular weight excluding hydrogens is 392 g/mol. The Morgan fingerprint density at radius 2 is 1.83 bits per heavy atom. The maximum atomic E-state index is 5.50. The van der Waals surface area contributed by atoms with E-state index in [0.717, 1.165) is 11.3 Å². The first-order valence-electron chi connectivity index (χ1n) is 9.99. The van der Waals surface area contributed by atoms with E-state index in [1.807, 2.05) is 12.1 Å². The number of nitrogens with zero attached hydrogens (tertiary/aromatic N) is 1. The van der Waals surface area contributed by atoms with Gasteiger partial charge in [0.1, 0.15) is 5.76 Å². The van der Waals surface area contributed by atoms with Gasteiger partial charge in [-0.3, -0.25) is 0 Å². The fraction of sp³-hybridized carbons (Fsp3) is 0.208. The monoisotopic (exact) mass is 418 g/mol. The Labute approximate surface area is 182 Å². The van der Waals surface area contributed by atoms with Crippen LogP contribution < -0.4 is 15.5 Å². The van der Waals surface area contributed by atoms with Gasteiger partial charge in [0.25, 0.3) is 0 Å². The van der Waals surface area contributed by atoms with E-state index in [-0.39, 0.29) is 5.92 Å². The van der Waals surface area contributed by atoms with Crippen LogP contribution in [0.1, 0.15) is 22.8 Å². The number of aromatic amines is 1. The molecule has 0 saturated carbocycles. The third-order valence-corrected chi connectivity index (χ3v) is 5.57. The van der Waals surface area contributed by atoms with Crippen LogP contribution >= 0.6 is 12.2 Å². The van der Waals surface area contributed by atoms with Gasteiger partial charge < -0.3 is 24.9 Å². The Hall–Kier alpha value is -3.25. The molecule has 30 heavy (non-hydrogen) atoms. The molecule has 2 aromatic heterocycles. The average molecular weight is 419 g/mol. The second kappa shape index (κ2) is 9.05. The van der Waals surface area contributed by atoms with E-state index in [1.54, 1.807) is 6.26 Å². The standard InChI is InChI=1S/C24H26N4OS/c1-28(2)18-11-9-17(10-12-18)21(22-16-25-23-8-4-3-7-20(22)23)15-27-24(30)26-14-19-6-5-13-29-19/h3-13,16,21,25H,14-15H2,1-2H3,(H2,26,27,30). The first kappa shape index (κ1) is 20.0. The molecule has 0 aliphatic carbocycles. The van der Waals surface area contributed by atoms with Gasteiger partial charge in [-0.15, -0.1) is 0 Å². The summed E-state index contributed by atoms with van der Waals surface area (Å²) in [6.07, 6.45) is 3.77. The summed E-state index contributed by atoms with van der Waals surface area (Å²) in [5.41, 5.74) is 4.82. The lowest BCUT2D eigenvalue weighted by molar-refractivity contribution is 0.502. The van der Waals surface area contributed by atoms with Crippen molar-refractivity contribution in [3.63, 3.8) is 0 Å². The molecule has 2 heterocycles. The Morgan fingerprint density at radius 3 is 2.57 bits per heavy atom. The van der Waals surface area contributed by atoms with Crippen LogP contribution in [0.2, 0.25) is 0 Å². The van der Waals surface area contributed by atoms with Crippen LogP contribution in [0, 0.1) is 0 Å². The molecule has 4 rings (SSSR count). The molecule has 0 aliphatic rings. The topological polar surface area (TPSA) is 56.2 Å². The van der Waals surface area contributed by atoms with Crippen LogP contribution in [0.15, 0.2) is 77.5 Å². The highest BCUT2D eigenvalue weighted by molar-refractivity contribution is 7.80. The van der Waals surface area contributed by atoms with Crippen molar-refractivity contribution >= 4 is 33.9 Å². The molecule has 0 amide bonds. The summed E-state index contributed by atoms with van der Waals surface area (Å²) in [4.78, 5) is 5.51. The second-order valence-corrected chi connectivity index (χ2v) is 7.88. The molecule has 0 spiro atoms. The van der Waals surface area contributed by atoms with Gasteiger partial charge in [0.05, 0.1) is 12.8 Å². The van der Waals surface area contributed by atoms with Crippen molar-refractivity contribution in [2.24, 2.45) is 0 Å². The van der Waals surface area contributed by atoms with Crippen LogP contribution in [-0.4, -0.2) is 30.7 Å². The number of hydrogen-bond donors (Lipinski definition) is 3. The smallest absolute Gasteiger partial charge is 0.166 e. The molecule has 2 aromatic carbocycles. The average Bonchev–Trinajstić information content (AvgIpc) is 3.43. The number of nitrogens with one attached hydrogen (secondary N) is 3. The number of rotatable bonds is 7. The van der Waals surface area contributed by atoms with Crippen LogP contribution in [-0.2, 0) is 6.54 Å². The largest absolute Gasteiger partial charge is 0.467 e. The molecule has 0 radical (unpaired) electrons. The third-order valence-electron chi connectivity index (χ3n) is 5.28. The van der Waals surface area contributed by atoms with Crippen molar-refractivity contribution in [2.75, 3.05) is 25.5 Å². The maximum absolute atomic E-state index is 5.50. The molecule has 4 aromatic rings. The minimum absolute atomic E-state index is 0.153. The van der Waals surface area contributed by atoms with Gasteiger partial charge in [-0.2, -0.15) is 0 Å². The van der Waals surface area contributed by atoms with E-state index in [0.29, 0.717) is 18.2 Å². The van der Waals surface area contributed by atoms with Crippen LogP contribution in [0.4, 0.5) is 5.69 Å². The van der Waals surface area contributed by atoms with E-state index in [2.05, 4.69) is 89.3 Å². The van der Waals surface area contributed by atoms with E-state index in [1.165, 1.54) is 22.2 Å². The second-order valence-electron chi connectivity index (χ2n) is 7.47. The van der Waals surface area contributed by atoms with Gasteiger partial charge in [-0.1, -0.05) is 30.3 Å². The normalized spacial score (nSPS) is 11.9. The number of benzene rings is 2. The zero-order valence-electron chi connectivity index (χ0n) is 17.2. The number of para-hydroxylation sites is 1. The number of fused-ring (bicyclic) bond motifs is 1. The minimum Gasteiger partial charge on any atom is -0.467 e. The quantitative estimate of drug-likeness (QED) is 0.382. The summed E-state index contributed by atoms with van der Waals surface area (Å²) in [6.45, 7) is 1.25. The van der Waals surface area contributed by atoms with Crippen LogP contribution in [0.25, 0.3) is 10.9 Å². The summed E-state index contributed by atoms with van der Waals surface area (Å²) in [7, 11) is 4.10. The molecule has 3 N–H and O–H groups in total. The predicted octanol–water partition coefficient (Wildman–Crippen LogP) is 4.62. The van der Waals surface area contributed by atoms with E-state index in [4.69, 9.17) is 16.6 Å². The molecule has 154 valence electrons. The maximum Gasteiger partial charge on any atom is 0.166 e. The van der Waals surface area contributed by atoms with Crippen molar-refractivity contribution < 1.29 is 4.42 Å². The lowest BCUT2D eigenvalue weighted by Gasteiger charge is -2.21. The Morgan fingerprint density at radius 1 is 1.03 bits per heavy atom. The number of hydrogen-bond acceptors (Lipinski definition) is 3. The van der Waals surface area contributed by atoms with Gasteiger partial charge >= 0.3 is 0 Å². The Kier molecular flexibility index (Phi) is 6.05. The number of furan rings is 1. The zero-order valence-corrected chi connectivity index (χ0v) is 18.0.